The first-order valence-corrected chi connectivity index (χ1v) is 5.73. The van der Waals surface area contributed by atoms with E-state index in [2.05, 4.69) is 5.10 Å². The Bertz CT molecular complexity index is 465. The summed E-state index contributed by atoms with van der Waals surface area (Å²) < 4.78 is 7.51. The standard InChI is InChI=1S/C13H17N3O/c1-11-13(14)10-15-16(11)8-5-9-17-12-6-3-2-4-7-12/h2-4,6-7,10H,5,8-9,14H2,1H3. The van der Waals surface area contributed by atoms with E-state index in [1.165, 1.54) is 0 Å². The smallest absolute Gasteiger partial charge is 0.119 e. The van der Waals surface area contributed by atoms with Crippen LogP contribution in [0.25, 0.3) is 0 Å². The maximum absolute atomic E-state index is 5.72. The van der Waals surface area contributed by atoms with E-state index < -0.39 is 0 Å². The van der Waals surface area contributed by atoms with E-state index in [1.807, 2.05) is 41.9 Å². The minimum atomic E-state index is 0.684. The van der Waals surface area contributed by atoms with Gasteiger partial charge in [0.15, 0.2) is 0 Å². The Labute approximate surface area is 101 Å². The number of hydrogen-bond donors (Lipinski definition) is 1. The molecule has 4 heteroatoms. The van der Waals surface area contributed by atoms with Gasteiger partial charge in [-0.15, -0.1) is 0 Å². The number of para-hydroxylation sites is 1. The van der Waals surface area contributed by atoms with E-state index in [0.29, 0.717) is 6.61 Å². The lowest BCUT2D eigenvalue weighted by Crippen LogP contribution is -2.07. The summed E-state index contributed by atoms with van der Waals surface area (Å²) in [5.41, 5.74) is 7.48. The predicted molar refractivity (Wildman–Crippen MR) is 67.9 cm³/mol. The highest BCUT2D eigenvalue weighted by atomic mass is 16.5. The van der Waals surface area contributed by atoms with Crippen molar-refractivity contribution < 1.29 is 4.74 Å². The van der Waals surface area contributed by atoms with Crippen molar-refractivity contribution in [1.82, 2.24) is 9.78 Å². The van der Waals surface area contributed by atoms with E-state index in [4.69, 9.17) is 10.5 Å². The highest BCUT2D eigenvalue weighted by molar-refractivity contribution is 5.39. The average molecular weight is 231 g/mol. The summed E-state index contributed by atoms with van der Waals surface area (Å²) in [5.74, 6) is 0.907. The maximum Gasteiger partial charge on any atom is 0.119 e. The van der Waals surface area contributed by atoms with Gasteiger partial charge in [0, 0.05) is 13.0 Å². The third kappa shape index (κ3) is 3.00. The number of nitrogen functional groups attached to an aromatic ring is 1. The van der Waals surface area contributed by atoms with Crippen molar-refractivity contribution >= 4 is 5.69 Å². The summed E-state index contributed by atoms with van der Waals surface area (Å²) in [7, 11) is 0. The van der Waals surface area contributed by atoms with Crippen LogP contribution in [0.5, 0.6) is 5.75 Å². The summed E-state index contributed by atoms with van der Waals surface area (Å²) >= 11 is 0. The number of anilines is 1. The van der Waals surface area contributed by atoms with Crippen LogP contribution in [-0.4, -0.2) is 16.4 Å². The fourth-order valence-electron chi connectivity index (χ4n) is 1.61. The summed E-state index contributed by atoms with van der Waals surface area (Å²) in [6, 6.07) is 9.82. The zero-order valence-corrected chi connectivity index (χ0v) is 9.97. The monoisotopic (exact) mass is 231 g/mol. The molecule has 0 atom stereocenters. The molecule has 4 nitrogen and oxygen atoms in total. The fourth-order valence-corrected chi connectivity index (χ4v) is 1.61. The highest BCUT2D eigenvalue weighted by Gasteiger charge is 2.02. The summed E-state index contributed by atoms with van der Waals surface area (Å²) in [6.07, 6.45) is 2.60. The Kier molecular flexibility index (Phi) is 3.65. The number of ether oxygens (including phenoxy) is 1. The summed E-state index contributed by atoms with van der Waals surface area (Å²) in [5, 5.41) is 4.20. The lowest BCUT2D eigenvalue weighted by molar-refractivity contribution is 0.298. The van der Waals surface area contributed by atoms with E-state index in [9.17, 15) is 0 Å². The maximum atomic E-state index is 5.72. The average Bonchev–Trinajstić information content (AvgIpc) is 2.67. The SMILES string of the molecule is Cc1c(N)cnn1CCCOc1ccccc1. The van der Waals surface area contributed by atoms with Crippen LogP contribution >= 0.6 is 0 Å². The molecule has 1 aromatic heterocycles. The van der Waals surface area contributed by atoms with Crippen LogP contribution in [0.1, 0.15) is 12.1 Å². The van der Waals surface area contributed by atoms with Gasteiger partial charge < -0.3 is 10.5 Å². The Morgan fingerprint density at radius 2 is 2.06 bits per heavy atom. The normalized spacial score (nSPS) is 10.4. The fraction of sp³-hybridized carbons (Fsp3) is 0.308. The van der Waals surface area contributed by atoms with Gasteiger partial charge >= 0.3 is 0 Å². The van der Waals surface area contributed by atoms with Crippen LogP contribution < -0.4 is 10.5 Å². The minimum Gasteiger partial charge on any atom is -0.494 e. The number of rotatable bonds is 5. The van der Waals surface area contributed by atoms with Crippen molar-refractivity contribution in [1.29, 1.82) is 0 Å². The first kappa shape index (κ1) is 11.5. The zero-order chi connectivity index (χ0) is 12.1. The summed E-state index contributed by atoms with van der Waals surface area (Å²) in [4.78, 5) is 0. The van der Waals surface area contributed by atoms with Crippen LogP contribution in [0.2, 0.25) is 0 Å². The third-order valence-electron chi connectivity index (χ3n) is 2.67. The molecule has 90 valence electrons. The van der Waals surface area contributed by atoms with Gasteiger partial charge in [-0.25, -0.2) is 0 Å². The molecule has 0 unspecified atom stereocenters. The van der Waals surface area contributed by atoms with Gasteiger partial charge in [-0.2, -0.15) is 5.10 Å². The molecule has 0 aliphatic carbocycles. The van der Waals surface area contributed by atoms with Gasteiger partial charge in [-0.05, 0) is 19.1 Å². The largest absolute Gasteiger partial charge is 0.494 e. The van der Waals surface area contributed by atoms with Crippen molar-refractivity contribution in [2.45, 2.75) is 19.9 Å². The molecule has 2 rings (SSSR count). The van der Waals surface area contributed by atoms with E-state index >= 15 is 0 Å². The van der Waals surface area contributed by atoms with Crippen LogP contribution in [0.15, 0.2) is 36.5 Å². The first-order chi connectivity index (χ1) is 8.27. The van der Waals surface area contributed by atoms with Crippen LogP contribution in [0.4, 0.5) is 5.69 Å². The molecule has 0 aliphatic heterocycles. The van der Waals surface area contributed by atoms with E-state index in [-0.39, 0.29) is 0 Å². The van der Waals surface area contributed by atoms with Crippen LogP contribution in [0.3, 0.4) is 0 Å². The second kappa shape index (κ2) is 5.39. The van der Waals surface area contributed by atoms with Gasteiger partial charge in [0.25, 0.3) is 0 Å². The minimum absolute atomic E-state index is 0.684. The van der Waals surface area contributed by atoms with Crippen molar-refractivity contribution in [2.75, 3.05) is 12.3 Å². The first-order valence-electron chi connectivity index (χ1n) is 5.73. The molecule has 1 aromatic carbocycles. The molecule has 2 N–H and O–H groups in total. The topological polar surface area (TPSA) is 53.1 Å². The van der Waals surface area contributed by atoms with Crippen LogP contribution in [-0.2, 0) is 6.54 Å². The number of aryl methyl sites for hydroxylation is 1. The van der Waals surface area contributed by atoms with Crippen molar-refractivity contribution in [3.8, 4) is 5.75 Å². The van der Waals surface area contributed by atoms with Crippen LogP contribution in [0, 0.1) is 6.92 Å². The molecule has 0 saturated heterocycles. The van der Waals surface area contributed by atoms with Crippen molar-refractivity contribution in [3.05, 3.63) is 42.2 Å². The second-order valence-corrected chi connectivity index (χ2v) is 3.92. The molecule has 0 bridgehead atoms. The molecule has 0 amide bonds. The van der Waals surface area contributed by atoms with Gasteiger partial charge in [0.1, 0.15) is 5.75 Å². The molecule has 2 aromatic rings. The molecule has 0 aliphatic rings. The molecule has 17 heavy (non-hydrogen) atoms. The van der Waals surface area contributed by atoms with Crippen molar-refractivity contribution in [3.63, 3.8) is 0 Å². The molecule has 0 fully saturated rings. The zero-order valence-electron chi connectivity index (χ0n) is 9.97. The second-order valence-electron chi connectivity index (χ2n) is 3.92. The highest BCUT2D eigenvalue weighted by Crippen LogP contribution is 2.10. The molecule has 0 spiro atoms. The lowest BCUT2D eigenvalue weighted by Gasteiger charge is -2.07. The van der Waals surface area contributed by atoms with Gasteiger partial charge in [0.05, 0.1) is 24.2 Å². The Hall–Kier alpha value is -1.97. The quantitative estimate of drug-likeness (QED) is 0.803. The molecule has 0 radical (unpaired) electrons. The number of nitrogens with zero attached hydrogens (tertiary/aromatic N) is 2. The number of hydrogen-bond acceptors (Lipinski definition) is 3. The van der Waals surface area contributed by atoms with E-state index in [0.717, 1.165) is 30.1 Å². The number of nitrogens with two attached hydrogens (primary N) is 1. The predicted octanol–water partition coefficient (Wildman–Crippen LogP) is 2.24. The van der Waals surface area contributed by atoms with Gasteiger partial charge in [0.2, 0.25) is 0 Å². The lowest BCUT2D eigenvalue weighted by atomic mass is 10.3. The Balaban J connectivity index is 1.75. The molecular weight excluding hydrogens is 214 g/mol. The molecular formula is C13H17N3O. The van der Waals surface area contributed by atoms with Crippen molar-refractivity contribution in [2.24, 2.45) is 0 Å². The number of benzene rings is 1. The van der Waals surface area contributed by atoms with Gasteiger partial charge in [-0.1, -0.05) is 18.2 Å². The summed E-state index contributed by atoms with van der Waals surface area (Å²) in [6.45, 7) is 3.49. The van der Waals surface area contributed by atoms with Gasteiger partial charge in [-0.3, -0.25) is 4.68 Å². The molecule has 0 saturated carbocycles. The Morgan fingerprint density at radius 1 is 1.29 bits per heavy atom. The third-order valence-corrected chi connectivity index (χ3v) is 2.67. The Morgan fingerprint density at radius 3 is 2.71 bits per heavy atom. The van der Waals surface area contributed by atoms with E-state index in [1.54, 1.807) is 6.20 Å². The number of aromatic nitrogens is 2. The molecule has 1 heterocycles.